The third-order valence-electron chi connectivity index (χ3n) is 3.53. The first kappa shape index (κ1) is 12.6. The van der Waals surface area contributed by atoms with Crippen molar-refractivity contribution in [3.8, 4) is 0 Å². The van der Waals surface area contributed by atoms with E-state index in [0.29, 0.717) is 0 Å². The van der Waals surface area contributed by atoms with Gasteiger partial charge in [0, 0.05) is 36.9 Å². The fourth-order valence-electron chi connectivity index (χ4n) is 2.53. The van der Waals surface area contributed by atoms with E-state index in [1.807, 2.05) is 6.34 Å². The summed E-state index contributed by atoms with van der Waals surface area (Å²) in [5.74, 6) is 0.840. The Bertz CT molecular complexity index is 700. The van der Waals surface area contributed by atoms with Crippen LogP contribution in [0.3, 0.4) is 0 Å². The van der Waals surface area contributed by atoms with Crippen molar-refractivity contribution < 1.29 is 0 Å². The minimum absolute atomic E-state index is 0.840. The van der Waals surface area contributed by atoms with E-state index < -0.39 is 0 Å². The van der Waals surface area contributed by atoms with Crippen LogP contribution >= 0.6 is 11.8 Å². The predicted octanol–water partition coefficient (Wildman–Crippen LogP) is 2.92. The Hall–Kier alpha value is -2.08. The van der Waals surface area contributed by atoms with Crippen LogP contribution in [0.2, 0.25) is 0 Å². The number of anilines is 2. The van der Waals surface area contributed by atoms with E-state index >= 15 is 0 Å². The minimum Gasteiger partial charge on any atom is -0.359 e. The summed E-state index contributed by atoms with van der Waals surface area (Å²) >= 11 is 1.66. The van der Waals surface area contributed by atoms with Gasteiger partial charge in [-0.25, -0.2) is 9.97 Å². The van der Waals surface area contributed by atoms with Gasteiger partial charge in [-0.3, -0.25) is 4.99 Å². The van der Waals surface area contributed by atoms with E-state index in [1.54, 1.807) is 24.2 Å². The normalized spacial score (nSPS) is 16.1. The molecule has 2 aromatic rings. The van der Waals surface area contributed by atoms with Gasteiger partial charge in [-0.15, -0.1) is 0 Å². The SMILES string of the molecule is C1=NCCCN1Cc1ccc2c(c1)Nc1nccnc1S2. The summed E-state index contributed by atoms with van der Waals surface area (Å²) in [6.45, 7) is 2.93. The first-order valence-corrected chi connectivity index (χ1v) is 7.83. The van der Waals surface area contributed by atoms with Gasteiger partial charge in [-0.1, -0.05) is 17.8 Å². The summed E-state index contributed by atoms with van der Waals surface area (Å²) < 4.78 is 0. The summed E-state index contributed by atoms with van der Waals surface area (Å²) in [6, 6.07) is 6.53. The van der Waals surface area contributed by atoms with Gasteiger partial charge in [0.15, 0.2) is 5.82 Å². The average Bonchev–Trinajstić information content (AvgIpc) is 2.54. The first-order chi connectivity index (χ1) is 10.4. The Labute approximate surface area is 127 Å². The summed E-state index contributed by atoms with van der Waals surface area (Å²) in [6.07, 6.45) is 6.54. The molecule has 2 aliphatic heterocycles. The summed E-state index contributed by atoms with van der Waals surface area (Å²) in [4.78, 5) is 16.5. The fourth-order valence-corrected chi connectivity index (χ4v) is 3.41. The highest BCUT2D eigenvalue weighted by atomic mass is 32.2. The van der Waals surface area contributed by atoms with E-state index in [2.05, 4.69) is 43.4 Å². The van der Waals surface area contributed by atoms with Crippen molar-refractivity contribution >= 4 is 29.6 Å². The molecule has 0 fully saturated rings. The fraction of sp³-hybridized carbons (Fsp3) is 0.267. The number of nitrogens with zero attached hydrogens (tertiary/aromatic N) is 4. The van der Waals surface area contributed by atoms with E-state index in [-0.39, 0.29) is 0 Å². The molecule has 0 amide bonds. The van der Waals surface area contributed by atoms with Crippen molar-refractivity contribution in [1.29, 1.82) is 0 Å². The monoisotopic (exact) mass is 297 g/mol. The average molecular weight is 297 g/mol. The quantitative estimate of drug-likeness (QED) is 0.788. The molecule has 106 valence electrons. The van der Waals surface area contributed by atoms with Gasteiger partial charge in [0.2, 0.25) is 0 Å². The van der Waals surface area contributed by atoms with Crippen LogP contribution in [0, 0.1) is 0 Å². The first-order valence-electron chi connectivity index (χ1n) is 7.01. The maximum absolute atomic E-state index is 4.35. The molecule has 0 spiro atoms. The molecular weight excluding hydrogens is 282 g/mol. The second kappa shape index (κ2) is 5.37. The number of aliphatic imine (C=N–C) groups is 1. The lowest BCUT2D eigenvalue weighted by atomic mass is 10.1. The van der Waals surface area contributed by atoms with Gasteiger partial charge in [0.25, 0.3) is 0 Å². The van der Waals surface area contributed by atoms with Crippen LogP contribution < -0.4 is 5.32 Å². The lowest BCUT2D eigenvalue weighted by molar-refractivity contribution is 0.401. The smallest absolute Gasteiger partial charge is 0.163 e. The number of rotatable bonds is 2. The van der Waals surface area contributed by atoms with Gasteiger partial charge >= 0.3 is 0 Å². The van der Waals surface area contributed by atoms with E-state index in [9.17, 15) is 0 Å². The molecule has 1 aromatic heterocycles. The van der Waals surface area contributed by atoms with Gasteiger partial charge < -0.3 is 10.2 Å². The van der Waals surface area contributed by atoms with Crippen molar-refractivity contribution in [3.63, 3.8) is 0 Å². The molecule has 6 heteroatoms. The second-order valence-electron chi connectivity index (χ2n) is 5.11. The van der Waals surface area contributed by atoms with Gasteiger partial charge in [-0.05, 0) is 24.1 Å². The number of hydrogen-bond donors (Lipinski definition) is 1. The molecule has 4 rings (SSSR count). The maximum Gasteiger partial charge on any atom is 0.163 e. The van der Waals surface area contributed by atoms with Crippen LogP contribution in [0.15, 0.2) is 45.5 Å². The number of hydrogen-bond acceptors (Lipinski definition) is 6. The number of benzene rings is 1. The van der Waals surface area contributed by atoms with Gasteiger partial charge in [-0.2, -0.15) is 0 Å². The van der Waals surface area contributed by atoms with Crippen LogP contribution in [-0.4, -0.2) is 34.3 Å². The molecule has 0 unspecified atom stereocenters. The Morgan fingerprint density at radius 2 is 2.19 bits per heavy atom. The zero-order valence-electron chi connectivity index (χ0n) is 11.5. The van der Waals surface area contributed by atoms with Crippen molar-refractivity contribution in [2.75, 3.05) is 18.4 Å². The molecule has 1 aromatic carbocycles. The van der Waals surface area contributed by atoms with Crippen molar-refractivity contribution in [1.82, 2.24) is 14.9 Å². The maximum atomic E-state index is 4.35. The molecule has 2 aliphatic rings. The summed E-state index contributed by atoms with van der Waals surface area (Å²) in [5.41, 5.74) is 2.39. The molecule has 21 heavy (non-hydrogen) atoms. The lowest BCUT2D eigenvalue weighted by Crippen LogP contribution is -2.26. The highest BCUT2D eigenvalue weighted by Gasteiger charge is 2.18. The zero-order chi connectivity index (χ0) is 14.1. The number of fused-ring (bicyclic) bond motifs is 2. The minimum atomic E-state index is 0.840. The molecule has 0 radical (unpaired) electrons. The zero-order valence-corrected chi connectivity index (χ0v) is 12.3. The molecule has 3 heterocycles. The lowest BCUT2D eigenvalue weighted by Gasteiger charge is -2.24. The van der Waals surface area contributed by atoms with Gasteiger partial charge in [0.1, 0.15) is 5.03 Å². The molecule has 0 bridgehead atoms. The van der Waals surface area contributed by atoms with Crippen LogP contribution in [-0.2, 0) is 6.54 Å². The van der Waals surface area contributed by atoms with Gasteiger partial charge in [0.05, 0.1) is 12.0 Å². The van der Waals surface area contributed by atoms with Crippen LogP contribution in [0.1, 0.15) is 12.0 Å². The van der Waals surface area contributed by atoms with Crippen LogP contribution in [0.5, 0.6) is 0 Å². The molecule has 5 nitrogen and oxygen atoms in total. The molecular formula is C15H15N5S. The highest BCUT2D eigenvalue weighted by Crippen LogP contribution is 2.42. The third-order valence-corrected chi connectivity index (χ3v) is 4.60. The summed E-state index contributed by atoms with van der Waals surface area (Å²) in [7, 11) is 0. The van der Waals surface area contributed by atoms with Crippen molar-refractivity contribution in [2.24, 2.45) is 4.99 Å². The molecule has 0 saturated carbocycles. The molecule has 0 aliphatic carbocycles. The van der Waals surface area contributed by atoms with E-state index in [1.165, 1.54) is 10.5 Å². The Balaban J connectivity index is 1.58. The number of nitrogens with one attached hydrogen (secondary N) is 1. The Kier molecular flexibility index (Phi) is 3.23. The van der Waals surface area contributed by atoms with Crippen molar-refractivity contribution in [3.05, 3.63) is 36.2 Å². The molecule has 0 saturated heterocycles. The largest absolute Gasteiger partial charge is 0.359 e. The third kappa shape index (κ3) is 2.58. The van der Waals surface area contributed by atoms with Crippen molar-refractivity contribution in [2.45, 2.75) is 22.9 Å². The summed E-state index contributed by atoms with van der Waals surface area (Å²) in [5, 5.41) is 4.30. The second-order valence-corrected chi connectivity index (χ2v) is 6.14. The number of aromatic nitrogens is 2. The standard InChI is InChI=1S/C15H15N5S/c1-4-16-10-20(7-1)9-11-2-3-13-12(8-11)19-14-15(21-13)18-6-5-17-14/h2-3,5-6,8,10H,1,4,7,9H2,(H,17,19). The molecule has 1 N–H and O–H groups in total. The molecule has 0 atom stereocenters. The predicted molar refractivity (Wildman–Crippen MR) is 84.3 cm³/mol. The topological polar surface area (TPSA) is 53.4 Å². The Morgan fingerprint density at radius 1 is 1.24 bits per heavy atom. The van der Waals surface area contributed by atoms with E-state index in [0.717, 1.165) is 42.6 Å². The highest BCUT2D eigenvalue weighted by molar-refractivity contribution is 7.99. The van der Waals surface area contributed by atoms with Crippen LogP contribution in [0.25, 0.3) is 0 Å². The Morgan fingerprint density at radius 3 is 3.10 bits per heavy atom. The van der Waals surface area contributed by atoms with E-state index in [4.69, 9.17) is 0 Å². The van der Waals surface area contributed by atoms with Crippen LogP contribution in [0.4, 0.5) is 11.5 Å².